The van der Waals surface area contributed by atoms with E-state index in [4.69, 9.17) is 4.74 Å². The quantitative estimate of drug-likeness (QED) is 0.773. The van der Waals surface area contributed by atoms with Crippen molar-refractivity contribution in [2.45, 2.75) is 13.8 Å². The zero-order chi connectivity index (χ0) is 17.4. The number of carbonyl (C=O) groups is 3. The van der Waals surface area contributed by atoms with Crippen molar-refractivity contribution in [1.82, 2.24) is 10.6 Å². The molecule has 0 unspecified atom stereocenters. The number of anilines is 1. The zero-order valence-electron chi connectivity index (χ0n) is 13.9. The highest BCUT2D eigenvalue weighted by Gasteiger charge is 2.12. The van der Waals surface area contributed by atoms with Crippen LogP contribution in [0.5, 0.6) is 0 Å². The van der Waals surface area contributed by atoms with Crippen LogP contribution >= 0.6 is 0 Å². The molecule has 0 heterocycles. The van der Waals surface area contributed by atoms with Crippen LogP contribution < -0.4 is 15.5 Å². The molecule has 0 saturated heterocycles. The van der Waals surface area contributed by atoms with Gasteiger partial charge in [-0.1, -0.05) is 13.8 Å². The van der Waals surface area contributed by atoms with Crippen LogP contribution in [0.15, 0.2) is 24.3 Å². The number of carbonyl (C=O) groups excluding carboxylic acids is 3. The SMILES string of the molecule is CC(C)CNC(=O)NC(=O)COC(=O)c1ccc(N(C)C)cc1. The number of amides is 3. The molecular formula is C16H23N3O4. The molecule has 0 bridgehead atoms. The number of urea groups is 1. The van der Waals surface area contributed by atoms with Gasteiger partial charge in [-0.05, 0) is 30.2 Å². The number of imide groups is 1. The van der Waals surface area contributed by atoms with E-state index in [1.807, 2.05) is 32.8 Å². The molecule has 0 saturated carbocycles. The number of hydrogen-bond donors (Lipinski definition) is 2. The zero-order valence-corrected chi connectivity index (χ0v) is 13.9. The van der Waals surface area contributed by atoms with Gasteiger partial charge < -0.3 is 15.0 Å². The van der Waals surface area contributed by atoms with E-state index in [-0.39, 0.29) is 5.92 Å². The Balaban J connectivity index is 2.40. The lowest BCUT2D eigenvalue weighted by Gasteiger charge is -2.12. The van der Waals surface area contributed by atoms with E-state index in [1.165, 1.54) is 0 Å². The molecule has 0 spiro atoms. The number of rotatable bonds is 6. The van der Waals surface area contributed by atoms with Crippen LogP contribution in [0.25, 0.3) is 0 Å². The van der Waals surface area contributed by atoms with Crippen LogP contribution in [0.3, 0.4) is 0 Å². The third-order valence-electron chi connectivity index (χ3n) is 2.88. The van der Waals surface area contributed by atoms with Crippen molar-refractivity contribution in [3.05, 3.63) is 29.8 Å². The molecule has 0 aliphatic heterocycles. The van der Waals surface area contributed by atoms with Gasteiger partial charge in [-0.2, -0.15) is 0 Å². The molecule has 3 amide bonds. The third kappa shape index (κ3) is 6.82. The molecule has 2 N–H and O–H groups in total. The van der Waals surface area contributed by atoms with Gasteiger partial charge in [-0.15, -0.1) is 0 Å². The highest BCUT2D eigenvalue weighted by Crippen LogP contribution is 2.12. The third-order valence-corrected chi connectivity index (χ3v) is 2.88. The molecule has 0 aromatic heterocycles. The summed E-state index contributed by atoms with van der Waals surface area (Å²) >= 11 is 0. The van der Waals surface area contributed by atoms with Crippen LogP contribution in [0.4, 0.5) is 10.5 Å². The summed E-state index contributed by atoms with van der Waals surface area (Å²) in [4.78, 5) is 36.6. The number of benzene rings is 1. The maximum Gasteiger partial charge on any atom is 0.338 e. The van der Waals surface area contributed by atoms with E-state index in [0.29, 0.717) is 12.1 Å². The first-order valence-electron chi connectivity index (χ1n) is 7.31. The van der Waals surface area contributed by atoms with Crippen LogP contribution in [0.2, 0.25) is 0 Å². The summed E-state index contributed by atoms with van der Waals surface area (Å²) in [6, 6.07) is 6.18. The molecular weight excluding hydrogens is 298 g/mol. The maximum atomic E-state index is 11.8. The van der Waals surface area contributed by atoms with Crippen molar-refractivity contribution < 1.29 is 19.1 Å². The van der Waals surface area contributed by atoms with E-state index in [2.05, 4.69) is 10.6 Å². The second-order valence-corrected chi connectivity index (χ2v) is 5.67. The Bertz CT molecular complexity index is 553. The van der Waals surface area contributed by atoms with Gasteiger partial charge in [0, 0.05) is 26.3 Å². The number of esters is 1. The Labute approximate surface area is 136 Å². The Morgan fingerprint density at radius 2 is 1.74 bits per heavy atom. The first-order valence-corrected chi connectivity index (χ1v) is 7.31. The summed E-state index contributed by atoms with van der Waals surface area (Å²) in [7, 11) is 3.78. The fourth-order valence-electron chi connectivity index (χ4n) is 1.61. The van der Waals surface area contributed by atoms with Crippen molar-refractivity contribution in [2.75, 3.05) is 32.1 Å². The van der Waals surface area contributed by atoms with Crippen molar-refractivity contribution in [3.63, 3.8) is 0 Å². The largest absolute Gasteiger partial charge is 0.452 e. The lowest BCUT2D eigenvalue weighted by molar-refractivity contribution is -0.123. The van der Waals surface area contributed by atoms with Gasteiger partial charge in [0.2, 0.25) is 0 Å². The molecule has 1 rings (SSSR count). The topological polar surface area (TPSA) is 87.7 Å². The minimum Gasteiger partial charge on any atom is -0.452 e. The first kappa shape index (κ1) is 18.5. The summed E-state index contributed by atoms with van der Waals surface area (Å²) < 4.78 is 4.87. The molecule has 126 valence electrons. The summed E-state index contributed by atoms with van der Waals surface area (Å²) in [5.41, 5.74) is 1.29. The monoisotopic (exact) mass is 321 g/mol. The molecule has 0 atom stereocenters. The van der Waals surface area contributed by atoms with Crippen LogP contribution in [-0.4, -0.2) is 45.2 Å². The summed E-state index contributed by atoms with van der Waals surface area (Å²) in [5.74, 6) is -1.02. The first-order chi connectivity index (χ1) is 10.8. The van der Waals surface area contributed by atoms with E-state index < -0.39 is 24.5 Å². The lowest BCUT2D eigenvalue weighted by Crippen LogP contribution is -2.42. The fraction of sp³-hybridized carbons (Fsp3) is 0.438. The average Bonchev–Trinajstić information content (AvgIpc) is 2.50. The maximum absolute atomic E-state index is 11.8. The number of nitrogens with zero attached hydrogens (tertiary/aromatic N) is 1. The Kier molecular flexibility index (Phi) is 7.05. The minimum atomic E-state index is -0.676. The highest BCUT2D eigenvalue weighted by molar-refractivity contribution is 5.97. The Hall–Kier alpha value is -2.57. The fourth-order valence-corrected chi connectivity index (χ4v) is 1.61. The average molecular weight is 321 g/mol. The van der Waals surface area contributed by atoms with Crippen LogP contribution in [-0.2, 0) is 9.53 Å². The minimum absolute atomic E-state index is 0.277. The van der Waals surface area contributed by atoms with Crippen molar-refractivity contribution in [2.24, 2.45) is 5.92 Å². The smallest absolute Gasteiger partial charge is 0.338 e. The van der Waals surface area contributed by atoms with E-state index in [1.54, 1.807) is 24.3 Å². The van der Waals surface area contributed by atoms with Gasteiger partial charge >= 0.3 is 12.0 Å². The highest BCUT2D eigenvalue weighted by atomic mass is 16.5. The van der Waals surface area contributed by atoms with E-state index in [0.717, 1.165) is 5.69 Å². The predicted octanol–water partition coefficient (Wildman–Crippen LogP) is 1.39. The number of hydrogen-bond acceptors (Lipinski definition) is 5. The van der Waals surface area contributed by atoms with Gasteiger partial charge in [0.15, 0.2) is 6.61 Å². The van der Waals surface area contributed by atoms with Gasteiger partial charge in [-0.3, -0.25) is 10.1 Å². The van der Waals surface area contributed by atoms with Crippen LogP contribution in [0.1, 0.15) is 24.2 Å². The van der Waals surface area contributed by atoms with Crippen molar-refractivity contribution >= 4 is 23.6 Å². The van der Waals surface area contributed by atoms with E-state index >= 15 is 0 Å². The standard InChI is InChI=1S/C16H23N3O4/c1-11(2)9-17-16(22)18-14(20)10-23-15(21)12-5-7-13(8-6-12)19(3)4/h5-8,11H,9-10H2,1-4H3,(H2,17,18,20,22). The van der Waals surface area contributed by atoms with Gasteiger partial charge in [0.25, 0.3) is 5.91 Å². The molecule has 7 nitrogen and oxygen atoms in total. The van der Waals surface area contributed by atoms with Gasteiger partial charge in [-0.25, -0.2) is 9.59 Å². The molecule has 23 heavy (non-hydrogen) atoms. The molecule has 0 aliphatic rings. The molecule has 0 radical (unpaired) electrons. The Morgan fingerprint density at radius 1 is 1.13 bits per heavy atom. The second-order valence-electron chi connectivity index (χ2n) is 5.67. The lowest BCUT2D eigenvalue weighted by atomic mass is 10.2. The molecule has 1 aromatic rings. The molecule has 0 aliphatic carbocycles. The molecule has 1 aromatic carbocycles. The Morgan fingerprint density at radius 3 is 2.26 bits per heavy atom. The van der Waals surface area contributed by atoms with Crippen LogP contribution in [0, 0.1) is 5.92 Å². The summed E-state index contributed by atoms with van der Waals surface area (Å²) in [6.45, 7) is 3.82. The molecule has 7 heteroatoms. The summed E-state index contributed by atoms with van der Waals surface area (Å²) in [5, 5.41) is 4.63. The predicted molar refractivity (Wildman–Crippen MR) is 87.4 cm³/mol. The van der Waals surface area contributed by atoms with Crippen molar-refractivity contribution in [1.29, 1.82) is 0 Å². The normalized spacial score (nSPS) is 10.1. The van der Waals surface area contributed by atoms with Crippen molar-refractivity contribution in [3.8, 4) is 0 Å². The summed E-state index contributed by atoms with van der Waals surface area (Å²) in [6.07, 6.45) is 0. The van der Waals surface area contributed by atoms with Gasteiger partial charge in [0.05, 0.1) is 5.56 Å². The molecule has 0 fully saturated rings. The second kappa shape index (κ2) is 8.77. The van der Waals surface area contributed by atoms with Gasteiger partial charge in [0.1, 0.15) is 0 Å². The number of ether oxygens (including phenoxy) is 1. The number of nitrogens with one attached hydrogen (secondary N) is 2. The van der Waals surface area contributed by atoms with E-state index in [9.17, 15) is 14.4 Å².